The van der Waals surface area contributed by atoms with Crippen molar-refractivity contribution in [2.45, 2.75) is 12.1 Å². The van der Waals surface area contributed by atoms with Gasteiger partial charge in [-0.1, -0.05) is 12.1 Å². The van der Waals surface area contributed by atoms with Crippen LogP contribution in [0.4, 0.5) is 4.39 Å². The van der Waals surface area contributed by atoms with Gasteiger partial charge in [0.25, 0.3) is 0 Å². The number of aliphatic carboxylic acids is 1. The molecule has 0 aliphatic heterocycles. The van der Waals surface area contributed by atoms with E-state index in [2.05, 4.69) is 5.32 Å². The van der Waals surface area contributed by atoms with E-state index < -0.39 is 23.9 Å². The Labute approximate surface area is 86.9 Å². The van der Waals surface area contributed by atoms with Gasteiger partial charge >= 0.3 is 5.97 Å². The average molecular weight is 212 g/mol. The number of rotatable bonds is 4. The number of carboxylic acids is 1. The molecule has 1 rings (SSSR count). The van der Waals surface area contributed by atoms with E-state index in [1.165, 1.54) is 25.2 Å². The minimum Gasteiger partial charge on any atom is -0.480 e. The Hall–Kier alpha value is -1.46. The van der Waals surface area contributed by atoms with Crippen LogP contribution < -0.4 is 11.1 Å². The Kier molecular flexibility index (Phi) is 3.76. The summed E-state index contributed by atoms with van der Waals surface area (Å²) in [6.45, 7) is 0. The molecular weight excluding hydrogens is 199 g/mol. The van der Waals surface area contributed by atoms with Crippen LogP contribution in [-0.2, 0) is 4.79 Å². The number of carboxylic acid groups (broad SMARTS) is 1. The molecule has 5 heteroatoms. The lowest BCUT2D eigenvalue weighted by molar-refractivity contribution is -0.139. The van der Waals surface area contributed by atoms with Gasteiger partial charge in [0.2, 0.25) is 0 Å². The standard InChI is InChI=1S/C10H13FN2O2/c1-13-9(10(14)15)8(12)6-3-2-4-7(11)5-6/h2-5,8-9,13H,12H2,1H3,(H,14,15). The summed E-state index contributed by atoms with van der Waals surface area (Å²) in [7, 11) is 1.50. The highest BCUT2D eigenvalue weighted by molar-refractivity contribution is 5.74. The Morgan fingerprint density at radius 2 is 2.27 bits per heavy atom. The van der Waals surface area contributed by atoms with Crippen molar-refractivity contribution in [3.63, 3.8) is 0 Å². The number of benzene rings is 1. The molecule has 0 bridgehead atoms. The highest BCUT2D eigenvalue weighted by atomic mass is 19.1. The molecule has 4 N–H and O–H groups in total. The molecule has 0 saturated heterocycles. The molecule has 0 saturated carbocycles. The van der Waals surface area contributed by atoms with E-state index in [4.69, 9.17) is 10.8 Å². The first kappa shape index (κ1) is 11.6. The molecule has 0 aliphatic carbocycles. The van der Waals surface area contributed by atoms with Crippen LogP contribution in [0, 0.1) is 5.82 Å². The number of halogens is 1. The molecule has 1 aromatic rings. The molecular formula is C10H13FN2O2. The third kappa shape index (κ3) is 2.74. The zero-order valence-corrected chi connectivity index (χ0v) is 8.27. The fourth-order valence-electron chi connectivity index (χ4n) is 1.36. The normalized spacial score (nSPS) is 14.6. The summed E-state index contributed by atoms with van der Waals surface area (Å²) in [4.78, 5) is 10.8. The fraction of sp³-hybridized carbons (Fsp3) is 0.300. The minimum absolute atomic E-state index is 0.428. The Morgan fingerprint density at radius 1 is 1.60 bits per heavy atom. The van der Waals surface area contributed by atoms with Crippen LogP contribution >= 0.6 is 0 Å². The van der Waals surface area contributed by atoms with Crippen molar-refractivity contribution in [1.82, 2.24) is 5.32 Å². The van der Waals surface area contributed by atoms with Crippen molar-refractivity contribution in [2.24, 2.45) is 5.73 Å². The average Bonchev–Trinajstić information content (AvgIpc) is 2.18. The number of nitrogens with two attached hydrogens (primary N) is 1. The fourth-order valence-corrected chi connectivity index (χ4v) is 1.36. The van der Waals surface area contributed by atoms with Crippen molar-refractivity contribution >= 4 is 5.97 Å². The van der Waals surface area contributed by atoms with Gasteiger partial charge in [-0.2, -0.15) is 0 Å². The molecule has 0 amide bonds. The van der Waals surface area contributed by atoms with Crippen LogP contribution in [0.3, 0.4) is 0 Å². The number of likely N-dealkylation sites (N-methyl/N-ethyl adjacent to an activating group) is 1. The summed E-state index contributed by atoms with van der Waals surface area (Å²) in [5.41, 5.74) is 6.16. The maximum atomic E-state index is 12.9. The molecule has 0 aromatic heterocycles. The van der Waals surface area contributed by atoms with Crippen LogP contribution in [-0.4, -0.2) is 24.2 Å². The van der Waals surface area contributed by atoms with Gasteiger partial charge in [0.1, 0.15) is 11.9 Å². The van der Waals surface area contributed by atoms with Crippen LogP contribution in [0.2, 0.25) is 0 Å². The monoisotopic (exact) mass is 212 g/mol. The highest BCUT2D eigenvalue weighted by Crippen LogP contribution is 2.15. The predicted octanol–water partition coefficient (Wildman–Crippen LogP) is 0.498. The van der Waals surface area contributed by atoms with Crippen LogP contribution in [0.25, 0.3) is 0 Å². The zero-order chi connectivity index (χ0) is 11.4. The first-order valence-corrected chi connectivity index (χ1v) is 4.47. The first-order chi connectivity index (χ1) is 7.06. The van der Waals surface area contributed by atoms with Gasteiger partial charge in [-0.15, -0.1) is 0 Å². The third-order valence-electron chi connectivity index (χ3n) is 2.17. The van der Waals surface area contributed by atoms with Crippen molar-refractivity contribution < 1.29 is 14.3 Å². The van der Waals surface area contributed by atoms with E-state index in [0.717, 1.165) is 0 Å². The van der Waals surface area contributed by atoms with Gasteiger partial charge in [-0.25, -0.2) is 4.39 Å². The van der Waals surface area contributed by atoms with Crippen molar-refractivity contribution in [3.05, 3.63) is 35.6 Å². The van der Waals surface area contributed by atoms with E-state index in [-0.39, 0.29) is 0 Å². The minimum atomic E-state index is -1.06. The predicted molar refractivity (Wildman–Crippen MR) is 53.8 cm³/mol. The van der Waals surface area contributed by atoms with Crippen LogP contribution in [0.5, 0.6) is 0 Å². The molecule has 0 aliphatic rings. The molecule has 2 atom stereocenters. The number of hydrogen-bond acceptors (Lipinski definition) is 3. The van der Waals surface area contributed by atoms with Gasteiger partial charge in [0, 0.05) is 0 Å². The topological polar surface area (TPSA) is 75.3 Å². The third-order valence-corrected chi connectivity index (χ3v) is 2.17. The molecule has 0 spiro atoms. The lowest BCUT2D eigenvalue weighted by Gasteiger charge is -2.19. The van der Waals surface area contributed by atoms with E-state index in [9.17, 15) is 9.18 Å². The maximum absolute atomic E-state index is 12.9. The van der Waals surface area contributed by atoms with E-state index in [1.807, 2.05) is 0 Å². The highest BCUT2D eigenvalue weighted by Gasteiger charge is 2.24. The number of carbonyl (C=O) groups is 1. The molecule has 0 heterocycles. The maximum Gasteiger partial charge on any atom is 0.322 e. The summed E-state index contributed by atoms with van der Waals surface area (Å²) in [6, 6.07) is 3.92. The molecule has 82 valence electrons. The van der Waals surface area contributed by atoms with Crippen molar-refractivity contribution in [3.8, 4) is 0 Å². The molecule has 4 nitrogen and oxygen atoms in total. The van der Waals surface area contributed by atoms with Gasteiger partial charge < -0.3 is 16.2 Å². The van der Waals surface area contributed by atoms with Gasteiger partial charge in [0.15, 0.2) is 0 Å². The zero-order valence-electron chi connectivity index (χ0n) is 8.27. The lowest BCUT2D eigenvalue weighted by Crippen LogP contribution is -2.43. The second-order valence-corrected chi connectivity index (χ2v) is 3.19. The SMILES string of the molecule is CNC(C(=O)O)C(N)c1cccc(F)c1. The largest absolute Gasteiger partial charge is 0.480 e. The summed E-state index contributed by atoms with van der Waals surface area (Å²) in [5.74, 6) is -1.49. The number of hydrogen-bond donors (Lipinski definition) is 3. The first-order valence-electron chi connectivity index (χ1n) is 4.47. The second-order valence-electron chi connectivity index (χ2n) is 3.19. The summed E-state index contributed by atoms with van der Waals surface area (Å²) in [5, 5.41) is 11.4. The van der Waals surface area contributed by atoms with Gasteiger partial charge in [0.05, 0.1) is 6.04 Å². The lowest BCUT2D eigenvalue weighted by atomic mass is 10.0. The van der Waals surface area contributed by atoms with Crippen LogP contribution in [0.15, 0.2) is 24.3 Å². The number of nitrogens with one attached hydrogen (secondary N) is 1. The molecule has 0 radical (unpaired) electrons. The Bertz CT molecular complexity index is 357. The van der Waals surface area contributed by atoms with Gasteiger partial charge in [-0.3, -0.25) is 4.79 Å². The van der Waals surface area contributed by atoms with E-state index in [0.29, 0.717) is 5.56 Å². The summed E-state index contributed by atoms with van der Waals surface area (Å²) in [6.07, 6.45) is 0. The Morgan fingerprint density at radius 3 is 2.73 bits per heavy atom. The molecule has 15 heavy (non-hydrogen) atoms. The van der Waals surface area contributed by atoms with Gasteiger partial charge in [-0.05, 0) is 24.7 Å². The van der Waals surface area contributed by atoms with E-state index >= 15 is 0 Å². The molecule has 0 fully saturated rings. The quantitative estimate of drug-likeness (QED) is 0.679. The van der Waals surface area contributed by atoms with Crippen LogP contribution in [0.1, 0.15) is 11.6 Å². The molecule has 1 aromatic carbocycles. The summed E-state index contributed by atoms with van der Waals surface area (Å²) >= 11 is 0. The van der Waals surface area contributed by atoms with E-state index in [1.54, 1.807) is 6.07 Å². The molecule has 2 unspecified atom stereocenters. The smallest absolute Gasteiger partial charge is 0.322 e. The van der Waals surface area contributed by atoms with Crippen molar-refractivity contribution in [2.75, 3.05) is 7.05 Å². The second kappa shape index (κ2) is 4.86. The summed E-state index contributed by atoms with van der Waals surface area (Å²) < 4.78 is 12.9. The van der Waals surface area contributed by atoms with Crippen molar-refractivity contribution in [1.29, 1.82) is 0 Å². The Balaban J connectivity index is 2.92.